The molecular formula is C9H12N4O. The second-order valence-electron chi connectivity index (χ2n) is 2.76. The van der Waals surface area contributed by atoms with Gasteiger partial charge in [0.2, 0.25) is 0 Å². The number of hydrogen-bond acceptors (Lipinski definition) is 4. The van der Waals surface area contributed by atoms with Crippen molar-refractivity contribution in [3.8, 4) is 0 Å². The molecule has 0 spiro atoms. The van der Waals surface area contributed by atoms with E-state index in [0.717, 1.165) is 5.69 Å². The molecule has 0 aliphatic rings. The Hall–Kier alpha value is -1.91. The van der Waals surface area contributed by atoms with Gasteiger partial charge in [-0.3, -0.25) is 15.6 Å². The minimum atomic E-state index is -0.307. The molecule has 0 saturated heterocycles. The second-order valence-corrected chi connectivity index (χ2v) is 2.76. The third kappa shape index (κ3) is 2.85. The van der Waals surface area contributed by atoms with Crippen LogP contribution in [0.5, 0.6) is 0 Å². The van der Waals surface area contributed by atoms with E-state index < -0.39 is 0 Å². The first-order valence-electron chi connectivity index (χ1n) is 4.12. The fourth-order valence-corrected chi connectivity index (χ4v) is 0.958. The molecular weight excluding hydrogens is 180 g/mol. The van der Waals surface area contributed by atoms with E-state index in [1.54, 1.807) is 13.0 Å². The first-order valence-corrected chi connectivity index (χ1v) is 4.12. The Kier molecular flexibility index (Phi) is 3.17. The lowest BCUT2D eigenvalue weighted by Crippen LogP contribution is -2.28. The van der Waals surface area contributed by atoms with E-state index in [1.165, 1.54) is 6.08 Å². The highest BCUT2D eigenvalue weighted by molar-refractivity contribution is 5.87. The Morgan fingerprint density at radius 2 is 2.21 bits per heavy atom. The summed E-state index contributed by atoms with van der Waals surface area (Å²) in [5.41, 5.74) is 5.90. The Balaban J connectivity index is 2.67. The Labute approximate surface area is 82.2 Å². The van der Waals surface area contributed by atoms with E-state index in [4.69, 9.17) is 0 Å². The van der Waals surface area contributed by atoms with Gasteiger partial charge in [-0.15, -0.1) is 0 Å². The maximum absolute atomic E-state index is 10.8. The first-order chi connectivity index (χ1) is 6.61. The van der Waals surface area contributed by atoms with Crippen LogP contribution in [0.2, 0.25) is 0 Å². The zero-order valence-electron chi connectivity index (χ0n) is 8.16. The maximum atomic E-state index is 10.8. The van der Waals surface area contributed by atoms with Crippen molar-refractivity contribution in [1.29, 1.82) is 0 Å². The van der Waals surface area contributed by atoms with E-state index in [-0.39, 0.29) is 5.91 Å². The van der Waals surface area contributed by atoms with E-state index in [2.05, 4.69) is 27.4 Å². The van der Waals surface area contributed by atoms with Crippen LogP contribution in [0.25, 0.3) is 0 Å². The third-order valence-electron chi connectivity index (χ3n) is 1.47. The average Bonchev–Trinajstić information content (AvgIpc) is 2.12. The minimum absolute atomic E-state index is 0.307. The maximum Gasteiger partial charge on any atom is 0.261 e. The highest BCUT2D eigenvalue weighted by Gasteiger charge is 1.98. The zero-order valence-corrected chi connectivity index (χ0v) is 8.16. The van der Waals surface area contributed by atoms with E-state index in [1.807, 2.05) is 6.92 Å². The lowest BCUT2D eigenvalue weighted by molar-refractivity contribution is -0.116. The van der Waals surface area contributed by atoms with Crippen LogP contribution in [-0.2, 0) is 4.79 Å². The van der Waals surface area contributed by atoms with Gasteiger partial charge in [-0.25, -0.2) is 9.97 Å². The number of amides is 1. The van der Waals surface area contributed by atoms with Crippen LogP contribution in [0.15, 0.2) is 18.7 Å². The zero-order chi connectivity index (χ0) is 10.6. The third-order valence-corrected chi connectivity index (χ3v) is 1.47. The van der Waals surface area contributed by atoms with Gasteiger partial charge in [0.05, 0.1) is 0 Å². The molecule has 0 fully saturated rings. The van der Waals surface area contributed by atoms with Crippen molar-refractivity contribution in [3.05, 3.63) is 30.2 Å². The van der Waals surface area contributed by atoms with Crippen LogP contribution in [0.4, 0.5) is 5.82 Å². The molecule has 74 valence electrons. The predicted molar refractivity (Wildman–Crippen MR) is 53.5 cm³/mol. The molecule has 0 atom stereocenters. The number of aromatic nitrogens is 2. The molecule has 0 saturated carbocycles. The molecule has 5 nitrogen and oxygen atoms in total. The predicted octanol–water partition coefficient (Wildman–Crippen LogP) is 0.723. The standard InChI is InChI=1S/C9H12N4O/c1-4-9(14)13-12-8-5-6(2)10-7(3)11-8/h4-5H,1H2,2-3H3,(H,13,14)(H,10,11,12). The molecule has 0 bridgehead atoms. The van der Waals surface area contributed by atoms with Crippen molar-refractivity contribution in [2.75, 3.05) is 5.43 Å². The molecule has 1 aromatic heterocycles. The summed E-state index contributed by atoms with van der Waals surface area (Å²) in [4.78, 5) is 19.0. The number of nitrogens with one attached hydrogen (secondary N) is 2. The summed E-state index contributed by atoms with van der Waals surface area (Å²) >= 11 is 0. The lowest BCUT2D eigenvalue weighted by Gasteiger charge is -2.06. The second kappa shape index (κ2) is 4.36. The van der Waals surface area contributed by atoms with Crippen LogP contribution in [0.3, 0.4) is 0 Å². The number of nitrogens with zero attached hydrogens (tertiary/aromatic N) is 2. The van der Waals surface area contributed by atoms with E-state index in [9.17, 15) is 4.79 Å². The van der Waals surface area contributed by atoms with Crippen LogP contribution >= 0.6 is 0 Å². The average molecular weight is 192 g/mol. The quantitative estimate of drug-likeness (QED) is 0.547. The Morgan fingerprint density at radius 3 is 2.79 bits per heavy atom. The topological polar surface area (TPSA) is 66.9 Å². The van der Waals surface area contributed by atoms with Crippen molar-refractivity contribution < 1.29 is 4.79 Å². The van der Waals surface area contributed by atoms with Gasteiger partial charge in [-0.05, 0) is 19.9 Å². The molecule has 5 heteroatoms. The Bertz CT molecular complexity index is 342. The van der Waals surface area contributed by atoms with Gasteiger partial charge in [0.1, 0.15) is 11.6 Å². The van der Waals surface area contributed by atoms with Gasteiger partial charge in [0.25, 0.3) is 5.91 Å². The number of carbonyl (C=O) groups is 1. The first kappa shape index (κ1) is 10.2. The lowest BCUT2D eigenvalue weighted by atomic mass is 10.4. The summed E-state index contributed by atoms with van der Waals surface area (Å²) in [6.07, 6.45) is 1.17. The number of hydrazine groups is 1. The molecule has 1 rings (SSSR count). The van der Waals surface area contributed by atoms with Gasteiger partial charge >= 0.3 is 0 Å². The van der Waals surface area contributed by atoms with Crippen LogP contribution in [0, 0.1) is 13.8 Å². The molecule has 2 N–H and O–H groups in total. The summed E-state index contributed by atoms with van der Waals surface area (Å²) in [7, 11) is 0. The number of carbonyl (C=O) groups excluding carboxylic acids is 1. The minimum Gasteiger partial charge on any atom is -0.282 e. The monoisotopic (exact) mass is 192 g/mol. The molecule has 0 unspecified atom stereocenters. The van der Waals surface area contributed by atoms with Crippen molar-refractivity contribution in [3.63, 3.8) is 0 Å². The van der Waals surface area contributed by atoms with Gasteiger partial charge < -0.3 is 0 Å². The van der Waals surface area contributed by atoms with Gasteiger partial charge in [-0.2, -0.15) is 0 Å². The van der Waals surface area contributed by atoms with Gasteiger partial charge in [0.15, 0.2) is 0 Å². The van der Waals surface area contributed by atoms with Crippen molar-refractivity contribution in [2.45, 2.75) is 13.8 Å². The summed E-state index contributed by atoms with van der Waals surface area (Å²) in [6.45, 7) is 6.96. The number of rotatable bonds is 3. The normalized spacial score (nSPS) is 9.29. The fraction of sp³-hybridized carbons (Fsp3) is 0.222. The summed E-state index contributed by atoms with van der Waals surface area (Å²) in [5.74, 6) is 0.907. The molecule has 1 aromatic rings. The fourth-order valence-electron chi connectivity index (χ4n) is 0.958. The molecule has 0 aliphatic carbocycles. The van der Waals surface area contributed by atoms with Crippen LogP contribution in [-0.4, -0.2) is 15.9 Å². The summed E-state index contributed by atoms with van der Waals surface area (Å²) < 4.78 is 0. The number of hydrogen-bond donors (Lipinski definition) is 2. The van der Waals surface area contributed by atoms with Crippen molar-refractivity contribution >= 4 is 11.7 Å². The van der Waals surface area contributed by atoms with Crippen molar-refractivity contribution in [2.24, 2.45) is 0 Å². The SMILES string of the molecule is C=CC(=O)NNc1cc(C)nc(C)n1. The van der Waals surface area contributed by atoms with E-state index >= 15 is 0 Å². The summed E-state index contributed by atoms with van der Waals surface area (Å²) in [6, 6.07) is 1.73. The molecule has 0 aliphatic heterocycles. The number of aryl methyl sites for hydroxylation is 2. The molecule has 14 heavy (non-hydrogen) atoms. The van der Waals surface area contributed by atoms with Crippen molar-refractivity contribution in [1.82, 2.24) is 15.4 Å². The highest BCUT2D eigenvalue weighted by Crippen LogP contribution is 2.03. The smallest absolute Gasteiger partial charge is 0.261 e. The Morgan fingerprint density at radius 1 is 1.50 bits per heavy atom. The molecule has 1 heterocycles. The highest BCUT2D eigenvalue weighted by atomic mass is 16.2. The largest absolute Gasteiger partial charge is 0.282 e. The molecule has 0 aromatic carbocycles. The summed E-state index contributed by atoms with van der Waals surface area (Å²) in [5, 5.41) is 0. The number of anilines is 1. The van der Waals surface area contributed by atoms with Gasteiger partial charge in [0, 0.05) is 11.8 Å². The molecule has 1 amide bonds. The van der Waals surface area contributed by atoms with E-state index in [0.29, 0.717) is 11.6 Å². The van der Waals surface area contributed by atoms with Gasteiger partial charge in [-0.1, -0.05) is 6.58 Å². The van der Waals surface area contributed by atoms with Crippen LogP contribution in [0.1, 0.15) is 11.5 Å². The van der Waals surface area contributed by atoms with Crippen LogP contribution < -0.4 is 10.9 Å². The molecule has 0 radical (unpaired) electrons.